The second kappa shape index (κ2) is 10.1. The molecule has 0 aliphatic carbocycles. The van der Waals surface area contributed by atoms with Crippen LogP contribution in [0.2, 0.25) is 0 Å². The number of carbonyl (C=O) groups excluding carboxylic acids is 1. The number of sulfonamides is 1. The van der Waals surface area contributed by atoms with E-state index in [2.05, 4.69) is 10.5 Å². The van der Waals surface area contributed by atoms with Gasteiger partial charge in [-0.2, -0.15) is 5.10 Å². The Kier molecular flexibility index (Phi) is 7.18. The first-order valence-electron chi connectivity index (χ1n) is 9.35. The molecule has 13 heteroatoms. The van der Waals surface area contributed by atoms with Gasteiger partial charge in [0.15, 0.2) is 11.5 Å². The monoisotopic (exact) mass is 488 g/mol. The summed E-state index contributed by atoms with van der Waals surface area (Å²) in [5.41, 5.74) is 2.06. The van der Waals surface area contributed by atoms with E-state index in [4.69, 9.17) is 14.6 Å². The SMILES string of the molecule is COc1cc(/C=N/Nc2ccc(S(N)(=O)=O)cc2[N+](=O)[O-])ccc1OC(=O)c1ccccc1F. The smallest absolute Gasteiger partial charge is 0.346 e. The average molecular weight is 488 g/mol. The van der Waals surface area contributed by atoms with E-state index in [-0.39, 0.29) is 22.7 Å². The maximum absolute atomic E-state index is 13.8. The number of primary sulfonamides is 1. The van der Waals surface area contributed by atoms with Crippen molar-refractivity contribution in [3.63, 3.8) is 0 Å². The number of halogens is 1. The van der Waals surface area contributed by atoms with E-state index >= 15 is 0 Å². The molecule has 0 aliphatic heterocycles. The van der Waals surface area contributed by atoms with Crippen molar-refractivity contribution in [1.29, 1.82) is 0 Å². The third-order valence-corrected chi connectivity index (χ3v) is 5.29. The minimum absolute atomic E-state index is 0.0371. The van der Waals surface area contributed by atoms with Gasteiger partial charge in [-0.25, -0.2) is 22.7 Å². The van der Waals surface area contributed by atoms with Gasteiger partial charge in [-0.15, -0.1) is 0 Å². The van der Waals surface area contributed by atoms with Crippen LogP contribution in [-0.2, 0) is 10.0 Å². The van der Waals surface area contributed by atoms with E-state index in [1.54, 1.807) is 0 Å². The highest BCUT2D eigenvalue weighted by Gasteiger charge is 2.19. The molecule has 0 amide bonds. The summed E-state index contributed by atoms with van der Waals surface area (Å²) in [7, 11) is -2.78. The summed E-state index contributed by atoms with van der Waals surface area (Å²) in [6.07, 6.45) is 1.29. The number of nitro groups is 1. The van der Waals surface area contributed by atoms with Gasteiger partial charge in [-0.1, -0.05) is 12.1 Å². The highest BCUT2D eigenvalue weighted by Crippen LogP contribution is 2.29. The van der Waals surface area contributed by atoms with Gasteiger partial charge in [-0.3, -0.25) is 15.5 Å². The number of hydrogen-bond donors (Lipinski definition) is 2. The molecule has 3 rings (SSSR count). The summed E-state index contributed by atoms with van der Waals surface area (Å²) in [6, 6.07) is 12.8. The Morgan fingerprint density at radius 1 is 1.15 bits per heavy atom. The van der Waals surface area contributed by atoms with Crippen molar-refractivity contribution in [2.45, 2.75) is 4.90 Å². The first-order valence-corrected chi connectivity index (χ1v) is 10.9. The molecule has 3 N–H and O–H groups in total. The Hall–Kier alpha value is -4.36. The fourth-order valence-electron chi connectivity index (χ4n) is 2.74. The number of hydrogen-bond acceptors (Lipinski definition) is 9. The Balaban J connectivity index is 1.78. The molecule has 3 aromatic carbocycles. The van der Waals surface area contributed by atoms with Crippen LogP contribution < -0.4 is 20.0 Å². The zero-order valence-electron chi connectivity index (χ0n) is 17.5. The fraction of sp³-hybridized carbons (Fsp3) is 0.0476. The van der Waals surface area contributed by atoms with Gasteiger partial charge in [0.05, 0.1) is 28.7 Å². The van der Waals surface area contributed by atoms with Gasteiger partial charge >= 0.3 is 5.97 Å². The largest absolute Gasteiger partial charge is 0.493 e. The molecule has 0 saturated carbocycles. The van der Waals surface area contributed by atoms with Gasteiger partial charge in [0, 0.05) is 6.07 Å². The average Bonchev–Trinajstić information content (AvgIpc) is 2.79. The van der Waals surface area contributed by atoms with Crippen LogP contribution in [0.4, 0.5) is 15.8 Å². The minimum atomic E-state index is -4.12. The number of nitrogens with two attached hydrogens (primary N) is 1. The summed E-state index contributed by atoms with van der Waals surface area (Å²) in [6.45, 7) is 0. The number of rotatable bonds is 8. The summed E-state index contributed by atoms with van der Waals surface area (Å²) < 4.78 is 47.0. The fourth-order valence-corrected chi connectivity index (χ4v) is 3.27. The molecule has 0 aromatic heterocycles. The van der Waals surface area contributed by atoms with Crippen molar-refractivity contribution in [1.82, 2.24) is 0 Å². The molecule has 34 heavy (non-hydrogen) atoms. The number of methoxy groups -OCH3 is 1. The van der Waals surface area contributed by atoms with Gasteiger partial charge in [0.1, 0.15) is 11.5 Å². The van der Waals surface area contributed by atoms with Crippen LogP contribution in [0.5, 0.6) is 11.5 Å². The Morgan fingerprint density at radius 3 is 2.53 bits per heavy atom. The molecule has 0 aliphatic rings. The number of esters is 1. The minimum Gasteiger partial charge on any atom is -0.493 e. The molecule has 0 fully saturated rings. The highest BCUT2D eigenvalue weighted by molar-refractivity contribution is 7.89. The van der Waals surface area contributed by atoms with Gasteiger partial charge in [-0.05, 0) is 48.0 Å². The van der Waals surface area contributed by atoms with Crippen molar-refractivity contribution in [2.75, 3.05) is 12.5 Å². The van der Waals surface area contributed by atoms with E-state index in [1.165, 1.54) is 49.7 Å². The number of benzene rings is 3. The molecule has 0 unspecified atom stereocenters. The van der Waals surface area contributed by atoms with Crippen molar-refractivity contribution >= 4 is 33.6 Å². The van der Waals surface area contributed by atoms with Crippen LogP contribution >= 0.6 is 0 Å². The Morgan fingerprint density at radius 2 is 1.88 bits per heavy atom. The topological polar surface area (TPSA) is 163 Å². The van der Waals surface area contributed by atoms with E-state index in [1.807, 2.05) is 0 Å². The van der Waals surface area contributed by atoms with Crippen molar-refractivity contribution < 1.29 is 32.0 Å². The molecular weight excluding hydrogens is 471 g/mol. The lowest BCUT2D eigenvalue weighted by atomic mass is 10.2. The molecular formula is C21H17FN4O7S. The predicted octanol–water partition coefficient (Wildman–Crippen LogP) is 3.06. The molecule has 11 nitrogen and oxygen atoms in total. The summed E-state index contributed by atoms with van der Waals surface area (Å²) in [4.78, 5) is 22.3. The maximum Gasteiger partial charge on any atom is 0.346 e. The zero-order chi connectivity index (χ0) is 24.9. The maximum atomic E-state index is 13.8. The van der Waals surface area contributed by atoms with Crippen molar-refractivity contribution in [2.24, 2.45) is 10.2 Å². The van der Waals surface area contributed by atoms with Gasteiger partial charge in [0.2, 0.25) is 10.0 Å². The predicted molar refractivity (Wildman–Crippen MR) is 120 cm³/mol. The highest BCUT2D eigenvalue weighted by atomic mass is 32.2. The first kappa shape index (κ1) is 24.3. The number of hydrazone groups is 1. The second-order valence-corrected chi connectivity index (χ2v) is 8.19. The second-order valence-electron chi connectivity index (χ2n) is 6.63. The quantitative estimate of drug-likeness (QED) is 0.161. The number of nitrogens with zero attached hydrogens (tertiary/aromatic N) is 2. The van der Waals surface area contributed by atoms with Crippen LogP contribution in [0.15, 0.2) is 70.7 Å². The number of carbonyl (C=O) groups is 1. The zero-order valence-corrected chi connectivity index (χ0v) is 18.3. The number of anilines is 1. The summed E-state index contributed by atoms with van der Waals surface area (Å²) >= 11 is 0. The molecule has 0 atom stereocenters. The van der Waals surface area contributed by atoms with E-state index in [0.717, 1.165) is 24.3 Å². The number of nitrogens with one attached hydrogen (secondary N) is 1. The standard InChI is InChI=1S/C21H17FN4O7S/c1-32-20-10-13(6-9-19(20)33-21(27)15-4-2-3-5-16(15)22)12-24-25-17-8-7-14(34(23,30)31)11-18(17)26(28)29/h2-12,25H,1H3,(H2,23,30,31)/b24-12+. The molecule has 0 radical (unpaired) electrons. The first-order chi connectivity index (χ1) is 16.1. The van der Waals surface area contributed by atoms with E-state index in [9.17, 15) is 27.7 Å². The Labute approximate surface area is 192 Å². The normalized spacial score (nSPS) is 11.3. The third kappa shape index (κ3) is 5.70. The lowest BCUT2D eigenvalue weighted by Gasteiger charge is -2.10. The third-order valence-electron chi connectivity index (χ3n) is 4.38. The van der Waals surface area contributed by atoms with Crippen molar-refractivity contribution in [3.8, 4) is 11.5 Å². The number of ether oxygens (including phenoxy) is 2. The van der Waals surface area contributed by atoms with Crippen LogP contribution in [0.1, 0.15) is 15.9 Å². The lowest BCUT2D eigenvalue weighted by Crippen LogP contribution is -2.12. The molecule has 0 spiro atoms. The van der Waals surface area contributed by atoms with Crippen molar-refractivity contribution in [3.05, 3.63) is 87.7 Å². The van der Waals surface area contributed by atoms with Gasteiger partial charge in [0.25, 0.3) is 5.69 Å². The molecule has 176 valence electrons. The van der Waals surface area contributed by atoms with Gasteiger partial charge < -0.3 is 9.47 Å². The van der Waals surface area contributed by atoms with Crippen LogP contribution in [0.3, 0.4) is 0 Å². The molecule has 3 aromatic rings. The van der Waals surface area contributed by atoms with Crippen LogP contribution in [-0.4, -0.2) is 32.6 Å². The summed E-state index contributed by atoms with van der Waals surface area (Å²) in [5, 5.41) is 20.2. The Bertz CT molecular complexity index is 1390. The van der Waals surface area contributed by atoms with Crippen LogP contribution in [0.25, 0.3) is 0 Å². The molecule has 0 heterocycles. The molecule has 0 bridgehead atoms. The lowest BCUT2D eigenvalue weighted by molar-refractivity contribution is -0.384. The molecule has 0 saturated heterocycles. The van der Waals surface area contributed by atoms with E-state index in [0.29, 0.717) is 5.56 Å². The summed E-state index contributed by atoms with van der Waals surface area (Å²) in [5.74, 6) is -1.45. The number of nitro benzene ring substituents is 1. The van der Waals surface area contributed by atoms with Crippen LogP contribution in [0, 0.1) is 15.9 Å². The van der Waals surface area contributed by atoms with E-state index < -0.39 is 37.3 Å².